The minimum absolute atomic E-state index is 0.370. The van der Waals surface area contributed by atoms with E-state index in [1.54, 1.807) is 18.3 Å². The molecule has 0 radical (unpaired) electrons. The molecule has 138 valence electrons. The Morgan fingerprint density at radius 2 is 1.81 bits per heavy atom. The number of carbonyl (C=O) groups excluding carboxylic acids is 1. The fraction of sp³-hybridized carbons (Fsp3) is 0.190. The number of hydrogen-bond acceptors (Lipinski definition) is 6. The standard InChI is InChI=1S/C21H21N3O2S/c1-21(2,3)26-19(25)17-12-8-7-11-16(17)13-22-24-20-23-18(14-27-20)15-9-5-4-6-10-15/h4-14H,1-3H3,(H,23,24). The van der Waals surface area contributed by atoms with E-state index in [4.69, 9.17) is 4.74 Å². The summed E-state index contributed by atoms with van der Waals surface area (Å²) in [5.41, 5.74) is 5.48. The lowest BCUT2D eigenvalue weighted by atomic mass is 10.1. The molecule has 0 aliphatic rings. The van der Waals surface area contributed by atoms with Gasteiger partial charge in [0.25, 0.3) is 0 Å². The maximum absolute atomic E-state index is 12.4. The van der Waals surface area contributed by atoms with Crippen molar-refractivity contribution in [3.05, 3.63) is 71.1 Å². The maximum Gasteiger partial charge on any atom is 0.339 e. The number of nitrogens with one attached hydrogen (secondary N) is 1. The number of hydrazone groups is 1. The lowest BCUT2D eigenvalue weighted by Crippen LogP contribution is -2.24. The van der Waals surface area contributed by atoms with Gasteiger partial charge in [0.05, 0.1) is 17.5 Å². The molecule has 0 saturated heterocycles. The first-order chi connectivity index (χ1) is 12.9. The molecule has 0 bridgehead atoms. The molecule has 3 aromatic rings. The Morgan fingerprint density at radius 1 is 1.11 bits per heavy atom. The molecule has 27 heavy (non-hydrogen) atoms. The van der Waals surface area contributed by atoms with Crippen LogP contribution in [0.1, 0.15) is 36.7 Å². The van der Waals surface area contributed by atoms with Crippen molar-refractivity contribution in [1.82, 2.24) is 4.98 Å². The van der Waals surface area contributed by atoms with Gasteiger partial charge in [-0.3, -0.25) is 5.43 Å². The van der Waals surface area contributed by atoms with E-state index >= 15 is 0 Å². The average Bonchev–Trinajstić information content (AvgIpc) is 3.10. The van der Waals surface area contributed by atoms with Crippen LogP contribution in [0.2, 0.25) is 0 Å². The number of aromatic nitrogens is 1. The first-order valence-corrected chi connectivity index (χ1v) is 9.43. The molecular weight excluding hydrogens is 358 g/mol. The molecule has 1 heterocycles. The second kappa shape index (κ2) is 8.14. The number of esters is 1. The first-order valence-electron chi connectivity index (χ1n) is 8.55. The molecule has 1 N–H and O–H groups in total. The van der Waals surface area contributed by atoms with Gasteiger partial charge in [0.2, 0.25) is 5.13 Å². The summed E-state index contributed by atoms with van der Waals surface area (Å²) < 4.78 is 5.45. The quantitative estimate of drug-likeness (QED) is 0.375. The van der Waals surface area contributed by atoms with Crippen LogP contribution in [0.5, 0.6) is 0 Å². The highest BCUT2D eigenvalue weighted by molar-refractivity contribution is 7.14. The largest absolute Gasteiger partial charge is 0.456 e. The molecular formula is C21H21N3O2S. The molecule has 5 nitrogen and oxygen atoms in total. The van der Waals surface area contributed by atoms with E-state index in [1.807, 2.05) is 68.6 Å². The van der Waals surface area contributed by atoms with E-state index in [2.05, 4.69) is 15.5 Å². The van der Waals surface area contributed by atoms with Crippen molar-refractivity contribution < 1.29 is 9.53 Å². The van der Waals surface area contributed by atoms with Crippen LogP contribution >= 0.6 is 11.3 Å². The third-order valence-electron chi connectivity index (χ3n) is 3.52. The molecule has 0 aliphatic carbocycles. The first kappa shape index (κ1) is 18.8. The lowest BCUT2D eigenvalue weighted by molar-refractivity contribution is 0.00694. The molecule has 0 fully saturated rings. The summed E-state index contributed by atoms with van der Waals surface area (Å²) in [7, 11) is 0. The van der Waals surface area contributed by atoms with E-state index in [0.717, 1.165) is 11.3 Å². The Balaban J connectivity index is 1.71. The van der Waals surface area contributed by atoms with E-state index in [-0.39, 0.29) is 5.97 Å². The maximum atomic E-state index is 12.4. The van der Waals surface area contributed by atoms with Crippen LogP contribution in [0.15, 0.2) is 65.1 Å². The van der Waals surface area contributed by atoms with Gasteiger partial charge in [-0.2, -0.15) is 5.10 Å². The number of nitrogens with zero attached hydrogens (tertiary/aromatic N) is 2. The summed E-state index contributed by atoms with van der Waals surface area (Å²) in [5, 5.41) is 6.88. The Bertz CT molecular complexity index is 943. The van der Waals surface area contributed by atoms with Crippen LogP contribution in [0.25, 0.3) is 11.3 Å². The Labute approximate surface area is 162 Å². The zero-order valence-corrected chi connectivity index (χ0v) is 16.3. The highest BCUT2D eigenvalue weighted by atomic mass is 32.1. The smallest absolute Gasteiger partial charge is 0.339 e. The summed E-state index contributed by atoms with van der Waals surface area (Å²) in [6, 6.07) is 17.2. The summed E-state index contributed by atoms with van der Waals surface area (Å²) in [6.45, 7) is 5.53. The summed E-state index contributed by atoms with van der Waals surface area (Å²) in [4.78, 5) is 16.9. The molecule has 6 heteroatoms. The number of carbonyl (C=O) groups is 1. The SMILES string of the molecule is CC(C)(C)OC(=O)c1ccccc1C=NNc1nc(-c2ccccc2)cs1. The highest BCUT2D eigenvalue weighted by Crippen LogP contribution is 2.24. The fourth-order valence-electron chi connectivity index (χ4n) is 2.35. The van der Waals surface area contributed by atoms with Crippen molar-refractivity contribution in [2.45, 2.75) is 26.4 Å². The second-order valence-corrected chi connectivity index (χ2v) is 7.72. The van der Waals surface area contributed by atoms with Crippen molar-refractivity contribution in [2.24, 2.45) is 5.10 Å². The van der Waals surface area contributed by atoms with Crippen LogP contribution in [-0.2, 0) is 4.74 Å². The molecule has 0 unspecified atom stereocenters. The number of thiazole rings is 1. The molecule has 0 aliphatic heterocycles. The predicted molar refractivity (Wildman–Crippen MR) is 110 cm³/mol. The van der Waals surface area contributed by atoms with Crippen LogP contribution < -0.4 is 5.43 Å². The van der Waals surface area contributed by atoms with Gasteiger partial charge in [0.15, 0.2) is 0 Å². The average molecular weight is 379 g/mol. The predicted octanol–water partition coefficient (Wildman–Crippen LogP) is 5.21. The van der Waals surface area contributed by atoms with Gasteiger partial charge in [-0.1, -0.05) is 48.5 Å². The fourth-order valence-corrected chi connectivity index (χ4v) is 3.02. The van der Waals surface area contributed by atoms with Gasteiger partial charge >= 0.3 is 5.97 Å². The minimum Gasteiger partial charge on any atom is -0.456 e. The third kappa shape index (κ3) is 5.24. The van der Waals surface area contributed by atoms with Gasteiger partial charge in [-0.25, -0.2) is 9.78 Å². The van der Waals surface area contributed by atoms with Gasteiger partial charge in [0.1, 0.15) is 5.60 Å². The van der Waals surface area contributed by atoms with Gasteiger partial charge in [0, 0.05) is 16.5 Å². The molecule has 0 spiro atoms. The number of hydrogen-bond donors (Lipinski definition) is 1. The Hall–Kier alpha value is -2.99. The Morgan fingerprint density at radius 3 is 2.56 bits per heavy atom. The second-order valence-electron chi connectivity index (χ2n) is 6.86. The normalized spacial score (nSPS) is 11.5. The topological polar surface area (TPSA) is 63.6 Å². The van der Waals surface area contributed by atoms with E-state index in [0.29, 0.717) is 16.3 Å². The number of benzene rings is 2. The molecule has 0 amide bonds. The van der Waals surface area contributed by atoms with Crippen LogP contribution in [0, 0.1) is 0 Å². The van der Waals surface area contributed by atoms with Crippen LogP contribution in [0.3, 0.4) is 0 Å². The third-order valence-corrected chi connectivity index (χ3v) is 4.26. The minimum atomic E-state index is -0.547. The molecule has 0 saturated carbocycles. The van der Waals surface area contributed by atoms with Gasteiger partial charge in [-0.15, -0.1) is 11.3 Å². The van der Waals surface area contributed by atoms with Crippen LogP contribution in [-0.4, -0.2) is 22.8 Å². The van der Waals surface area contributed by atoms with Crippen molar-refractivity contribution in [3.63, 3.8) is 0 Å². The van der Waals surface area contributed by atoms with E-state index in [1.165, 1.54) is 11.3 Å². The van der Waals surface area contributed by atoms with E-state index in [9.17, 15) is 4.79 Å². The molecule has 3 rings (SSSR count). The summed E-state index contributed by atoms with van der Waals surface area (Å²) >= 11 is 1.47. The zero-order valence-electron chi connectivity index (χ0n) is 15.5. The number of rotatable bonds is 5. The number of anilines is 1. The molecule has 0 atom stereocenters. The van der Waals surface area contributed by atoms with Crippen molar-refractivity contribution in [1.29, 1.82) is 0 Å². The van der Waals surface area contributed by atoms with E-state index < -0.39 is 5.60 Å². The van der Waals surface area contributed by atoms with Gasteiger partial charge in [-0.05, 0) is 26.8 Å². The lowest BCUT2D eigenvalue weighted by Gasteiger charge is -2.20. The monoisotopic (exact) mass is 379 g/mol. The van der Waals surface area contributed by atoms with Crippen molar-refractivity contribution in [3.8, 4) is 11.3 Å². The molecule has 1 aromatic heterocycles. The molecule has 2 aromatic carbocycles. The highest BCUT2D eigenvalue weighted by Gasteiger charge is 2.19. The van der Waals surface area contributed by atoms with Crippen molar-refractivity contribution in [2.75, 3.05) is 5.43 Å². The Kier molecular flexibility index (Phi) is 5.66. The zero-order chi connectivity index (χ0) is 19.3. The van der Waals surface area contributed by atoms with Gasteiger partial charge < -0.3 is 4.74 Å². The summed E-state index contributed by atoms with van der Waals surface area (Å²) in [5.74, 6) is -0.370. The van der Waals surface area contributed by atoms with Crippen molar-refractivity contribution >= 4 is 28.7 Å². The number of ether oxygens (including phenoxy) is 1. The summed E-state index contributed by atoms with van der Waals surface area (Å²) in [6.07, 6.45) is 1.60. The van der Waals surface area contributed by atoms with Crippen LogP contribution in [0.4, 0.5) is 5.13 Å².